The number of carbonyl (C=O) groups is 1. The van der Waals surface area contributed by atoms with E-state index in [0.717, 1.165) is 30.8 Å². The van der Waals surface area contributed by atoms with Crippen LogP contribution in [0.3, 0.4) is 0 Å². The third-order valence-corrected chi connectivity index (χ3v) is 3.79. The van der Waals surface area contributed by atoms with Gasteiger partial charge < -0.3 is 10.0 Å². The van der Waals surface area contributed by atoms with E-state index in [0.29, 0.717) is 24.8 Å². The molecule has 0 spiro atoms. The molecule has 1 aromatic heterocycles. The fourth-order valence-electron chi connectivity index (χ4n) is 2.76. The van der Waals surface area contributed by atoms with E-state index in [1.54, 1.807) is 0 Å². The third-order valence-electron chi connectivity index (χ3n) is 3.79. The van der Waals surface area contributed by atoms with E-state index in [1.807, 2.05) is 18.7 Å². The Bertz CT molecular complexity index is 492. The van der Waals surface area contributed by atoms with Gasteiger partial charge >= 0.3 is 5.97 Å². The molecule has 20 heavy (non-hydrogen) atoms. The van der Waals surface area contributed by atoms with Crippen LogP contribution in [0.4, 0.5) is 5.95 Å². The number of aryl methyl sites for hydroxylation is 2. The summed E-state index contributed by atoms with van der Waals surface area (Å²) in [5.74, 6) is -0.199. The highest BCUT2D eigenvalue weighted by Crippen LogP contribution is 2.24. The highest BCUT2D eigenvalue weighted by molar-refractivity contribution is 5.71. The summed E-state index contributed by atoms with van der Waals surface area (Å²) in [6.07, 6.45) is 2.35. The molecule has 110 valence electrons. The second-order valence-electron chi connectivity index (χ2n) is 5.49. The number of rotatable bonds is 4. The van der Waals surface area contributed by atoms with Crippen molar-refractivity contribution in [1.29, 1.82) is 0 Å². The Hall–Kier alpha value is -1.72. The number of piperidine rings is 1. The minimum Gasteiger partial charge on any atom is -0.481 e. The van der Waals surface area contributed by atoms with Gasteiger partial charge in [-0.3, -0.25) is 4.79 Å². The average molecular weight is 278 g/mol. The fraction of sp³-hybridized carbons (Fsp3) is 0.714. The number of hydrogen-bond donors (Lipinski definition) is 1. The van der Waals surface area contributed by atoms with Gasteiger partial charge in [-0.25, -0.2) is 4.98 Å². The van der Waals surface area contributed by atoms with E-state index < -0.39 is 5.97 Å². The van der Waals surface area contributed by atoms with E-state index in [2.05, 4.69) is 22.1 Å². The number of nitrogens with zero attached hydrogens (tertiary/aromatic N) is 4. The van der Waals surface area contributed by atoms with Crippen LogP contribution in [0.15, 0.2) is 0 Å². The standard InChI is InChI=1S/C14H22N4O2/c1-4-11-12(5-2)16-17-14(15-11)18-7-9(3)6-10(8-18)13(19)20/h9-10H,4-8H2,1-3H3,(H,19,20). The quantitative estimate of drug-likeness (QED) is 0.900. The molecule has 2 unspecified atom stereocenters. The van der Waals surface area contributed by atoms with Crippen molar-refractivity contribution in [1.82, 2.24) is 15.2 Å². The smallest absolute Gasteiger partial charge is 0.308 e. The summed E-state index contributed by atoms with van der Waals surface area (Å²) in [6, 6.07) is 0. The Labute approximate surface area is 119 Å². The summed E-state index contributed by atoms with van der Waals surface area (Å²) in [5, 5.41) is 17.6. The maximum Gasteiger partial charge on any atom is 0.308 e. The van der Waals surface area contributed by atoms with E-state index in [1.165, 1.54) is 0 Å². The van der Waals surface area contributed by atoms with Crippen LogP contribution in [0, 0.1) is 11.8 Å². The number of carboxylic acid groups (broad SMARTS) is 1. The van der Waals surface area contributed by atoms with Crippen molar-refractivity contribution in [2.24, 2.45) is 11.8 Å². The molecular formula is C14H22N4O2. The van der Waals surface area contributed by atoms with Crippen molar-refractivity contribution >= 4 is 11.9 Å². The molecule has 1 N–H and O–H groups in total. The van der Waals surface area contributed by atoms with Gasteiger partial charge in [0.2, 0.25) is 5.95 Å². The molecule has 0 amide bonds. The maximum absolute atomic E-state index is 11.2. The molecule has 6 nitrogen and oxygen atoms in total. The zero-order chi connectivity index (χ0) is 14.7. The molecule has 0 bridgehead atoms. The summed E-state index contributed by atoms with van der Waals surface area (Å²) < 4.78 is 0. The van der Waals surface area contributed by atoms with Crippen molar-refractivity contribution in [2.45, 2.75) is 40.0 Å². The predicted octanol–water partition coefficient (Wildman–Crippen LogP) is 1.54. The molecule has 1 aliphatic rings. The fourth-order valence-corrected chi connectivity index (χ4v) is 2.76. The SMILES string of the molecule is CCc1nnc(N2CC(C)CC(C(=O)O)C2)nc1CC. The minimum atomic E-state index is -0.740. The van der Waals surface area contributed by atoms with E-state index in [9.17, 15) is 9.90 Å². The number of carboxylic acids is 1. The first-order valence-corrected chi connectivity index (χ1v) is 7.25. The molecule has 0 saturated carbocycles. The first-order valence-electron chi connectivity index (χ1n) is 7.25. The first-order chi connectivity index (χ1) is 9.55. The normalized spacial score (nSPS) is 22.9. The van der Waals surface area contributed by atoms with Gasteiger partial charge in [0.15, 0.2) is 0 Å². The van der Waals surface area contributed by atoms with Crippen molar-refractivity contribution in [3.63, 3.8) is 0 Å². The lowest BCUT2D eigenvalue weighted by Gasteiger charge is -2.34. The second-order valence-corrected chi connectivity index (χ2v) is 5.49. The van der Waals surface area contributed by atoms with Gasteiger partial charge in [-0.2, -0.15) is 5.10 Å². The lowest BCUT2D eigenvalue weighted by Crippen LogP contribution is -2.43. The van der Waals surface area contributed by atoms with Gasteiger partial charge in [0.1, 0.15) is 0 Å². The molecular weight excluding hydrogens is 256 g/mol. The second kappa shape index (κ2) is 6.15. The van der Waals surface area contributed by atoms with E-state index in [4.69, 9.17) is 0 Å². The Balaban J connectivity index is 2.23. The van der Waals surface area contributed by atoms with Crippen molar-refractivity contribution in [3.8, 4) is 0 Å². The average Bonchev–Trinajstić information content (AvgIpc) is 2.45. The first kappa shape index (κ1) is 14.7. The molecule has 2 heterocycles. The molecule has 1 aromatic rings. The molecule has 0 aromatic carbocycles. The molecule has 1 aliphatic heterocycles. The summed E-state index contributed by atoms with van der Waals surface area (Å²) in [5.41, 5.74) is 1.89. The van der Waals surface area contributed by atoms with Crippen LogP contribution in [-0.4, -0.2) is 39.3 Å². The van der Waals surface area contributed by atoms with Gasteiger partial charge in [0.25, 0.3) is 0 Å². The van der Waals surface area contributed by atoms with Gasteiger partial charge in [-0.1, -0.05) is 20.8 Å². The highest BCUT2D eigenvalue weighted by Gasteiger charge is 2.31. The lowest BCUT2D eigenvalue weighted by atomic mass is 9.91. The lowest BCUT2D eigenvalue weighted by molar-refractivity contribution is -0.142. The Morgan fingerprint density at radius 3 is 2.55 bits per heavy atom. The summed E-state index contributed by atoms with van der Waals surface area (Å²) in [7, 11) is 0. The van der Waals surface area contributed by atoms with Crippen molar-refractivity contribution in [2.75, 3.05) is 18.0 Å². The third kappa shape index (κ3) is 3.05. The van der Waals surface area contributed by atoms with Crippen LogP contribution in [0.25, 0.3) is 0 Å². The van der Waals surface area contributed by atoms with Crippen LogP contribution in [0.1, 0.15) is 38.6 Å². The van der Waals surface area contributed by atoms with Crippen LogP contribution in [0.5, 0.6) is 0 Å². The molecule has 0 aliphatic carbocycles. The van der Waals surface area contributed by atoms with Crippen LogP contribution >= 0.6 is 0 Å². The topological polar surface area (TPSA) is 79.2 Å². The van der Waals surface area contributed by atoms with Gasteiger partial charge in [0, 0.05) is 13.1 Å². The number of hydrogen-bond acceptors (Lipinski definition) is 5. The van der Waals surface area contributed by atoms with E-state index in [-0.39, 0.29) is 5.92 Å². The Kier molecular flexibility index (Phi) is 4.52. The highest BCUT2D eigenvalue weighted by atomic mass is 16.4. The molecule has 2 atom stereocenters. The zero-order valence-electron chi connectivity index (χ0n) is 12.3. The monoisotopic (exact) mass is 278 g/mol. The van der Waals surface area contributed by atoms with Crippen LogP contribution < -0.4 is 4.90 Å². The van der Waals surface area contributed by atoms with Crippen molar-refractivity contribution < 1.29 is 9.90 Å². The summed E-state index contributed by atoms with van der Waals surface area (Å²) >= 11 is 0. The largest absolute Gasteiger partial charge is 0.481 e. The molecule has 2 rings (SSSR count). The Morgan fingerprint density at radius 1 is 1.25 bits per heavy atom. The molecule has 1 fully saturated rings. The maximum atomic E-state index is 11.2. The predicted molar refractivity (Wildman–Crippen MR) is 75.7 cm³/mol. The van der Waals surface area contributed by atoms with Crippen LogP contribution in [0.2, 0.25) is 0 Å². The van der Waals surface area contributed by atoms with Gasteiger partial charge in [-0.05, 0) is 25.2 Å². The summed E-state index contributed by atoms with van der Waals surface area (Å²) in [4.78, 5) is 17.7. The number of aliphatic carboxylic acids is 1. The number of aromatic nitrogens is 3. The minimum absolute atomic E-state index is 0.323. The van der Waals surface area contributed by atoms with Crippen LogP contribution in [-0.2, 0) is 17.6 Å². The Morgan fingerprint density at radius 2 is 1.95 bits per heavy atom. The number of anilines is 1. The molecule has 6 heteroatoms. The molecule has 0 radical (unpaired) electrons. The zero-order valence-corrected chi connectivity index (χ0v) is 12.3. The van der Waals surface area contributed by atoms with Crippen molar-refractivity contribution in [3.05, 3.63) is 11.4 Å². The van der Waals surface area contributed by atoms with E-state index >= 15 is 0 Å². The molecule has 1 saturated heterocycles. The van der Waals surface area contributed by atoms with Gasteiger partial charge in [-0.15, -0.1) is 5.10 Å². The van der Waals surface area contributed by atoms with Gasteiger partial charge in [0.05, 0.1) is 17.3 Å². The summed E-state index contributed by atoms with van der Waals surface area (Å²) in [6.45, 7) is 7.41.